The molecule has 114 valence electrons. The van der Waals surface area contributed by atoms with E-state index in [0.717, 1.165) is 32.0 Å². The first-order chi connectivity index (χ1) is 9.92. The lowest BCUT2D eigenvalue weighted by Gasteiger charge is -2.25. The number of rotatable bonds is 2. The summed E-state index contributed by atoms with van der Waals surface area (Å²) in [5, 5.41) is 0. The van der Waals surface area contributed by atoms with Gasteiger partial charge < -0.3 is 9.80 Å². The first-order valence-electron chi connectivity index (χ1n) is 7.86. The molecule has 0 bridgehead atoms. The van der Waals surface area contributed by atoms with Gasteiger partial charge in [-0.25, -0.2) is 4.98 Å². The maximum atomic E-state index is 12.3. The second-order valence-electron chi connectivity index (χ2n) is 7.65. The molecule has 4 heteroatoms. The van der Waals surface area contributed by atoms with Gasteiger partial charge in [0.1, 0.15) is 5.82 Å². The standard InChI is InChI=1S/C17H25N3O/c1-17(2,3)8-16(21)20-11-13-9-19(10-14(13)12-20)15-6-4-5-7-18-15/h4-7,13-14H,8-12H2,1-3H3/t13-,14+. The van der Waals surface area contributed by atoms with Crippen LogP contribution in [0.25, 0.3) is 0 Å². The molecule has 3 rings (SSSR count). The van der Waals surface area contributed by atoms with E-state index in [9.17, 15) is 4.79 Å². The van der Waals surface area contributed by atoms with Crippen LogP contribution in [0.1, 0.15) is 27.2 Å². The Morgan fingerprint density at radius 2 is 1.86 bits per heavy atom. The smallest absolute Gasteiger partial charge is 0.223 e. The fourth-order valence-electron chi connectivity index (χ4n) is 3.49. The zero-order valence-corrected chi connectivity index (χ0v) is 13.2. The van der Waals surface area contributed by atoms with E-state index >= 15 is 0 Å². The summed E-state index contributed by atoms with van der Waals surface area (Å²) in [4.78, 5) is 21.2. The number of nitrogens with zero attached hydrogens (tertiary/aromatic N) is 3. The highest BCUT2D eigenvalue weighted by Crippen LogP contribution is 2.34. The number of aromatic nitrogens is 1. The molecule has 1 amide bonds. The third-order valence-electron chi connectivity index (χ3n) is 4.49. The molecular weight excluding hydrogens is 262 g/mol. The lowest BCUT2D eigenvalue weighted by Crippen LogP contribution is -2.35. The zero-order chi connectivity index (χ0) is 15.0. The summed E-state index contributed by atoms with van der Waals surface area (Å²) in [6.45, 7) is 10.3. The van der Waals surface area contributed by atoms with Crippen molar-refractivity contribution < 1.29 is 4.79 Å². The Labute approximate surface area is 127 Å². The van der Waals surface area contributed by atoms with Crippen LogP contribution in [0, 0.1) is 17.3 Å². The molecule has 2 aliphatic heterocycles. The molecule has 0 N–H and O–H groups in total. The van der Waals surface area contributed by atoms with E-state index in [-0.39, 0.29) is 5.41 Å². The van der Waals surface area contributed by atoms with E-state index in [1.54, 1.807) is 0 Å². The predicted octanol–water partition coefficient (Wildman–Crippen LogP) is 2.41. The van der Waals surface area contributed by atoms with Crippen molar-refractivity contribution >= 4 is 11.7 Å². The number of hydrogen-bond donors (Lipinski definition) is 0. The van der Waals surface area contributed by atoms with Gasteiger partial charge in [-0.15, -0.1) is 0 Å². The maximum Gasteiger partial charge on any atom is 0.223 e. The number of anilines is 1. The van der Waals surface area contributed by atoms with Crippen LogP contribution in [0.4, 0.5) is 5.82 Å². The Hall–Kier alpha value is -1.58. The zero-order valence-electron chi connectivity index (χ0n) is 13.2. The molecule has 0 aliphatic carbocycles. The lowest BCUT2D eigenvalue weighted by molar-refractivity contribution is -0.132. The third-order valence-corrected chi connectivity index (χ3v) is 4.49. The van der Waals surface area contributed by atoms with E-state index < -0.39 is 0 Å². The van der Waals surface area contributed by atoms with Gasteiger partial charge in [0.2, 0.25) is 5.91 Å². The molecular formula is C17H25N3O. The molecule has 1 aromatic rings. The maximum absolute atomic E-state index is 12.3. The van der Waals surface area contributed by atoms with Crippen molar-refractivity contribution in [3.05, 3.63) is 24.4 Å². The first-order valence-corrected chi connectivity index (χ1v) is 7.86. The monoisotopic (exact) mass is 287 g/mol. The summed E-state index contributed by atoms with van der Waals surface area (Å²) in [7, 11) is 0. The number of amides is 1. The molecule has 3 heterocycles. The van der Waals surface area contributed by atoms with Crippen LogP contribution in [0.5, 0.6) is 0 Å². The second kappa shape index (κ2) is 5.32. The molecule has 2 fully saturated rings. The van der Waals surface area contributed by atoms with Crippen molar-refractivity contribution in [2.45, 2.75) is 27.2 Å². The molecule has 1 aromatic heterocycles. The number of fused-ring (bicyclic) bond motifs is 1. The van der Waals surface area contributed by atoms with Crippen molar-refractivity contribution in [3.8, 4) is 0 Å². The summed E-state index contributed by atoms with van der Waals surface area (Å²) < 4.78 is 0. The molecule has 0 spiro atoms. The first kappa shape index (κ1) is 14.4. The van der Waals surface area contributed by atoms with Gasteiger partial charge in [-0.3, -0.25) is 4.79 Å². The van der Waals surface area contributed by atoms with Gasteiger partial charge in [-0.05, 0) is 17.5 Å². The summed E-state index contributed by atoms with van der Waals surface area (Å²) in [6.07, 6.45) is 2.50. The van der Waals surface area contributed by atoms with Gasteiger partial charge in [-0.2, -0.15) is 0 Å². The summed E-state index contributed by atoms with van der Waals surface area (Å²) in [6, 6.07) is 6.06. The average Bonchev–Trinajstić information content (AvgIpc) is 2.95. The van der Waals surface area contributed by atoms with Crippen LogP contribution >= 0.6 is 0 Å². The van der Waals surface area contributed by atoms with Crippen molar-refractivity contribution in [1.29, 1.82) is 0 Å². The van der Waals surface area contributed by atoms with E-state index in [2.05, 4.69) is 41.6 Å². The van der Waals surface area contributed by atoms with E-state index in [1.807, 2.05) is 18.3 Å². The SMILES string of the molecule is CC(C)(C)CC(=O)N1C[C@@H]2CN(c3ccccn3)C[C@@H]2C1. The van der Waals surface area contributed by atoms with E-state index in [4.69, 9.17) is 0 Å². The van der Waals surface area contributed by atoms with Crippen LogP contribution in [0.15, 0.2) is 24.4 Å². The largest absolute Gasteiger partial charge is 0.356 e. The molecule has 0 radical (unpaired) electrons. The molecule has 2 aliphatic rings. The van der Waals surface area contributed by atoms with Crippen molar-refractivity contribution in [1.82, 2.24) is 9.88 Å². The quantitative estimate of drug-likeness (QED) is 0.838. The molecule has 2 saturated heterocycles. The summed E-state index contributed by atoms with van der Waals surface area (Å²) >= 11 is 0. The van der Waals surface area contributed by atoms with Crippen LogP contribution in [-0.4, -0.2) is 42.0 Å². The lowest BCUT2D eigenvalue weighted by atomic mass is 9.91. The topological polar surface area (TPSA) is 36.4 Å². The fraction of sp³-hybridized carbons (Fsp3) is 0.647. The highest BCUT2D eigenvalue weighted by atomic mass is 16.2. The van der Waals surface area contributed by atoms with Gasteiger partial charge in [-0.1, -0.05) is 26.8 Å². The van der Waals surface area contributed by atoms with Crippen LogP contribution in [0.3, 0.4) is 0 Å². The Balaban J connectivity index is 1.58. The van der Waals surface area contributed by atoms with E-state index in [1.165, 1.54) is 0 Å². The van der Waals surface area contributed by atoms with Gasteiger partial charge in [0.15, 0.2) is 0 Å². The summed E-state index contributed by atoms with van der Waals surface area (Å²) in [5.74, 6) is 2.60. The molecule has 21 heavy (non-hydrogen) atoms. The minimum atomic E-state index is 0.0782. The highest BCUT2D eigenvalue weighted by molar-refractivity contribution is 5.77. The number of carbonyl (C=O) groups is 1. The van der Waals surface area contributed by atoms with E-state index in [0.29, 0.717) is 24.2 Å². The van der Waals surface area contributed by atoms with Crippen molar-refractivity contribution in [2.75, 3.05) is 31.1 Å². The fourth-order valence-corrected chi connectivity index (χ4v) is 3.49. The number of likely N-dealkylation sites (tertiary alicyclic amines) is 1. The molecule has 4 nitrogen and oxygen atoms in total. The average molecular weight is 287 g/mol. The van der Waals surface area contributed by atoms with Crippen molar-refractivity contribution in [2.24, 2.45) is 17.3 Å². The van der Waals surface area contributed by atoms with Crippen molar-refractivity contribution in [3.63, 3.8) is 0 Å². The minimum Gasteiger partial charge on any atom is -0.356 e. The Bertz CT molecular complexity index is 495. The molecule has 0 aromatic carbocycles. The van der Waals surface area contributed by atoms with Crippen LogP contribution < -0.4 is 4.90 Å². The predicted molar refractivity (Wildman–Crippen MR) is 84.1 cm³/mol. The van der Waals surface area contributed by atoms with Gasteiger partial charge in [0, 0.05) is 50.6 Å². The number of hydrogen-bond acceptors (Lipinski definition) is 3. The van der Waals surface area contributed by atoms with Crippen LogP contribution in [-0.2, 0) is 4.79 Å². The van der Waals surface area contributed by atoms with Gasteiger partial charge in [0.25, 0.3) is 0 Å². The Morgan fingerprint density at radius 1 is 1.19 bits per heavy atom. The Kier molecular flexibility index (Phi) is 3.64. The Morgan fingerprint density at radius 3 is 2.38 bits per heavy atom. The number of pyridine rings is 1. The molecule has 0 saturated carbocycles. The molecule has 0 unspecified atom stereocenters. The molecule has 2 atom stereocenters. The normalized spacial score (nSPS) is 25.3. The number of carbonyl (C=O) groups excluding carboxylic acids is 1. The van der Waals surface area contributed by atoms with Crippen LogP contribution in [0.2, 0.25) is 0 Å². The third kappa shape index (κ3) is 3.20. The van der Waals surface area contributed by atoms with Gasteiger partial charge >= 0.3 is 0 Å². The van der Waals surface area contributed by atoms with Gasteiger partial charge in [0.05, 0.1) is 0 Å². The highest BCUT2D eigenvalue weighted by Gasteiger charge is 2.42. The second-order valence-corrected chi connectivity index (χ2v) is 7.65. The minimum absolute atomic E-state index is 0.0782. The summed E-state index contributed by atoms with van der Waals surface area (Å²) in [5.41, 5.74) is 0.0782.